The van der Waals surface area contributed by atoms with E-state index >= 15 is 0 Å². The van der Waals surface area contributed by atoms with E-state index < -0.39 is 9.84 Å². The Hall–Kier alpha value is -0.350. The highest BCUT2D eigenvalue weighted by atomic mass is 79.9. The molecule has 0 saturated carbocycles. The smallest absolute Gasteiger partial charge is 0.178 e. The lowest BCUT2D eigenvalue weighted by atomic mass is 9.83. The van der Waals surface area contributed by atoms with Crippen molar-refractivity contribution in [2.45, 2.75) is 51.9 Å². The number of benzene rings is 1. The molecule has 120 valence electrons. The maximum atomic E-state index is 12.6. The standard InChI is InChI=1S/C17H27BrO2S/c1-16(2,3)13-7-9-15(10-8-13)21(19,20)12-14(11-18)17(4,5)6/h7-10,14H,11-12H2,1-6H3. The SMILES string of the molecule is CC(C)(C)c1ccc(S(=O)(=O)CC(CBr)C(C)(C)C)cc1. The van der Waals surface area contributed by atoms with E-state index in [-0.39, 0.29) is 22.5 Å². The molecule has 0 aliphatic heterocycles. The highest BCUT2D eigenvalue weighted by Crippen LogP contribution is 2.31. The van der Waals surface area contributed by atoms with Gasteiger partial charge in [0.15, 0.2) is 9.84 Å². The summed E-state index contributed by atoms with van der Waals surface area (Å²) >= 11 is 3.45. The van der Waals surface area contributed by atoms with Crippen molar-refractivity contribution in [3.8, 4) is 0 Å². The molecule has 0 amide bonds. The van der Waals surface area contributed by atoms with Crippen LogP contribution in [0.2, 0.25) is 0 Å². The van der Waals surface area contributed by atoms with Crippen LogP contribution in [0.5, 0.6) is 0 Å². The molecule has 0 saturated heterocycles. The molecule has 0 fully saturated rings. The maximum absolute atomic E-state index is 12.6. The molecule has 0 bridgehead atoms. The Labute approximate surface area is 138 Å². The number of sulfone groups is 1. The average molecular weight is 375 g/mol. The highest BCUT2D eigenvalue weighted by molar-refractivity contribution is 9.09. The van der Waals surface area contributed by atoms with Crippen molar-refractivity contribution in [2.24, 2.45) is 11.3 Å². The second-order valence-corrected chi connectivity index (χ2v) is 10.5. The van der Waals surface area contributed by atoms with Crippen molar-refractivity contribution in [1.82, 2.24) is 0 Å². The number of halogens is 1. The van der Waals surface area contributed by atoms with Gasteiger partial charge in [0.25, 0.3) is 0 Å². The summed E-state index contributed by atoms with van der Waals surface area (Å²) in [6.07, 6.45) is 0. The quantitative estimate of drug-likeness (QED) is 0.708. The van der Waals surface area contributed by atoms with Crippen molar-refractivity contribution < 1.29 is 8.42 Å². The zero-order chi connectivity index (χ0) is 16.5. The topological polar surface area (TPSA) is 34.1 Å². The Kier molecular flexibility index (Phi) is 5.71. The lowest BCUT2D eigenvalue weighted by molar-refractivity contribution is 0.291. The van der Waals surface area contributed by atoms with Gasteiger partial charge in [-0.3, -0.25) is 0 Å². The minimum absolute atomic E-state index is 0.0338. The van der Waals surface area contributed by atoms with Crippen LogP contribution in [0.4, 0.5) is 0 Å². The molecule has 0 heterocycles. The first-order valence-corrected chi connectivity index (χ1v) is 10.0. The molecule has 0 radical (unpaired) electrons. The van der Waals surface area contributed by atoms with Crippen LogP contribution in [0.25, 0.3) is 0 Å². The molecule has 2 nitrogen and oxygen atoms in total. The zero-order valence-electron chi connectivity index (χ0n) is 13.9. The summed E-state index contributed by atoms with van der Waals surface area (Å²) < 4.78 is 25.2. The van der Waals surface area contributed by atoms with Crippen LogP contribution in [0.3, 0.4) is 0 Å². The third-order valence-electron chi connectivity index (χ3n) is 3.91. The summed E-state index contributed by atoms with van der Waals surface area (Å²) in [6.45, 7) is 12.6. The minimum atomic E-state index is -3.25. The maximum Gasteiger partial charge on any atom is 0.178 e. The van der Waals surface area contributed by atoms with Gasteiger partial charge in [0.05, 0.1) is 10.6 Å². The molecule has 1 aromatic rings. The largest absolute Gasteiger partial charge is 0.224 e. The molecule has 1 atom stereocenters. The molecule has 0 aliphatic carbocycles. The summed E-state index contributed by atoms with van der Waals surface area (Å²) in [6, 6.07) is 7.33. The Balaban J connectivity index is 3.04. The van der Waals surface area contributed by atoms with E-state index in [1.54, 1.807) is 12.1 Å². The van der Waals surface area contributed by atoms with Crippen molar-refractivity contribution in [1.29, 1.82) is 0 Å². The Morgan fingerprint density at radius 2 is 1.48 bits per heavy atom. The summed E-state index contributed by atoms with van der Waals surface area (Å²) in [5, 5.41) is 0.690. The summed E-state index contributed by atoms with van der Waals surface area (Å²) in [4.78, 5) is 0.422. The highest BCUT2D eigenvalue weighted by Gasteiger charge is 2.29. The van der Waals surface area contributed by atoms with Crippen LogP contribution in [0.15, 0.2) is 29.2 Å². The third-order valence-corrected chi connectivity index (χ3v) is 6.52. The van der Waals surface area contributed by atoms with Crippen LogP contribution in [0.1, 0.15) is 47.1 Å². The van der Waals surface area contributed by atoms with E-state index in [9.17, 15) is 8.42 Å². The van der Waals surface area contributed by atoms with E-state index in [4.69, 9.17) is 0 Å². The van der Waals surface area contributed by atoms with Crippen LogP contribution < -0.4 is 0 Å². The number of rotatable bonds is 4. The van der Waals surface area contributed by atoms with Gasteiger partial charge in [0.2, 0.25) is 0 Å². The predicted molar refractivity (Wildman–Crippen MR) is 93.9 cm³/mol. The van der Waals surface area contributed by atoms with E-state index in [0.717, 1.165) is 5.56 Å². The van der Waals surface area contributed by atoms with E-state index in [1.807, 2.05) is 12.1 Å². The van der Waals surface area contributed by atoms with Gasteiger partial charge in [-0.25, -0.2) is 8.42 Å². The Morgan fingerprint density at radius 1 is 1.00 bits per heavy atom. The number of alkyl halides is 1. The molecule has 4 heteroatoms. The van der Waals surface area contributed by atoms with E-state index in [2.05, 4.69) is 57.5 Å². The van der Waals surface area contributed by atoms with Crippen molar-refractivity contribution in [3.63, 3.8) is 0 Å². The molecule has 0 N–H and O–H groups in total. The number of hydrogen-bond acceptors (Lipinski definition) is 2. The zero-order valence-corrected chi connectivity index (χ0v) is 16.3. The molecule has 0 aromatic heterocycles. The van der Waals surface area contributed by atoms with Gasteiger partial charge >= 0.3 is 0 Å². The first-order valence-electron chi connectivity index (χ1n) is 7.27. The fourth-order valence-corrected chi connectivity index (χ4v) is 5.44. The molecule has 1 unspecified atom stereocenters. The Morgan fingerprint density at radius 3 is 1.81 bits per heavy atom. The second-order valence-electron chi connectivity index (χ2n) is 7.77. The van der Waals surface area contributed by atoms with Gasteiger partial charge < -0.3 is 0 Å². The lowest BCUT2D eigenvalue weighted by Gasteiger charge is -2.29. The van der Waals surface area contributed by atoms with Gasteiger partial charge in [-0.15, -0.1) is 0 Å². The monoisotopic (exact) mass is 374 g/mol. The van der Waals surface area contributed by atoms with Crippen LogP contribution in [-0.2, 0) is 15.3 Å². The summed E-state index contributed by atoms with van der Waals surface area (Å²) in [5.74, 6) is 0.265. The summed E-state index contributed by atoms with van der Waals surface area (Å²) in [5.41, 5.74) is 1.14. The van der Waals surface area contributed by atoms with Gasteiger partial charge in [-0.05, 0) is 34.4 Å². The van der Waals surface area contributed by atoms with Gasteiger partial charge in [-0.1, -0.05) is 69.6 Å². The van der Waals surface area contributed by atoms with E-state index in [1.165, 1.54) is 0 Å². The molecule has 1 aromatic carbocycles. The molecular weight excluding hydrogens is 348 g/mol. The first kappa shape index (κ1) is 18.7. The van der Waals surface area contributed by atoms with Crippen LogP contribution in [-0.4, -0.2) is 19.5 Å². The van der Waals surface area contributed by atoms with Gasteiger partial charge in [0.1, 0.15) is 0 Å². The first-order chi connectivity index (χ1) is 9.38. The van der Waals surface area contributed by atoms with Crippen LogP contribution >= 0.6 is 15.9 Å². The average Bonchev–Trinajstić information content (AvgIpc) is 2.34. The molecule has 0 aliphatic rings. The third kappa shape index (κ3) is 5.10. The number of hydrogen-bond donors (Lipinski definition) is 0. The van der Waals surface area contributed by atoms with Gasteiger partial charge in [0, 0.05) is 5.33 Å². The predicted octanol–water partition coefficient (Wildman–Crippen LogP) is 4.82. The van der Waals surface area contributed by atoms with Crippen LogP contribution in [0, 0.1) is 11.3 Å². The lowest BCUT2D eigenvalue weighted by Crippen LogP contribution is -2.29. The second kappa shape index (κ2) is 6.41. The van der Waals surface area contributed by atoms with Gasteiger partial charge in [-0.2, -0.15) is 0 Å². The fourth-order valence-electron chi connectivity index (χ4n) is 2.05. The minimum Gasteiger partial charge on any atom is -0.224 e. The molecule has 21 heavy (non-hydrogen) atoms. The molecular formula is C17H27BrO2S. The fraction of sp³-hybridized carbons (Fsp3) is 0.647. The summed E-state index contributed by atoms with van der Waals surface area (Å²) in [7, 11) is -3.25. The van der Waals surface area contributed by atoms with Crippen molar-refractivity contribution >= 4 is 25.8 Å². The molecule has 0 spiro atoms. The molecule has 1 rings (SSSR count). The van der Waals surface area contributed by atoms with E-state index in [0.29, 0.717) is 10.2 Å². The van der Waals surface area contributed by atoms with Crippen molar-refractivity contribution in [2.75, 3.05) is 11.1 Å². The normalized spacial score (nSPS) is 15.0. The Bertz CT molecular complexity index is 560. The van der Waals surface area contributed by atoms with Crippen molar-refractivity contribution in [3.05, 3.63) is 29.8 Å².